The topological polar surface area (TPSA) is 35.2 Å². The predicted octanol–water partition coefficient (Wildman–Crippen LogP) is 2.34. The molecule has 2 nitrogen and oxygen atoms in total. The summed E-state index contributed by atoms with van der Waals surface area (Å²) in [5, 5.41) is 0. The molecule has 0 saturated heterocycles. The average molecular weight is 185 g/mol. The summed E-state index contributed by atoms with van der Waals surface area (Å²) in [5.41, 5.74) is 5.57. The van der Waals surface area contributed by atoms with E-state index in [1.54, 1.807) is 0 Å². The fraction of sp³-hybridized carbons (Fsp3) is 0.818. The summed E-state index contributed by atoms with van der Waals surface area (Å²) in [4.78, 5) is 0. The Morgan fingerprint density at radius 2 is 2.00 bits per heavy atom. The minimum Gasteiger partial charge on any atom is -0.371 e. The van der Waals surface area contributed by atoms with Gasteiger partial charge in [-0.05, 0) is 32.7 Å². The number of hydrogen-bond acceptors (Lipinski definition) is 2. The molecule has 0 aromatic rings. The fourth-order valence-electron chi connectivity index (χ4n) is 1.09. The van der Waals surface area contributed by atoms with Crippen molar-refractivity contribution in [3.05, 3.63) is 12.2 Å². The molecular weight excluding hydrogens is 162 g/mol. The summed E-state index contributed by atoms with van der Waals surface area (Å²) >= 11 is 0. The van der Waals surface area contributed by atoms with Crippen LogP contribution in [0, 0.1) is 5.92 Å². The summed E-state index contributed by atoms with van der Waals surface area (Å²) < 4.78 is 5.83. The lowest BCUT2D eigenvalue weighted by molar-refractivity contribution is -0.00511. The number of rotatable bonds is 6. The number of ether oxygens (including phenoxy) is 1. The van der Waals surface area contributed by atoms with E-state index in [4.69, 9.17) is 10.5 Å². The van der Waals surface area contributed by atoms with Crippen molar-refractivity contribution in [3.8, 4) is 0 Å². The number of nitrogens with two attached hydrogens (primary N) is 1. The molecular formula is C11H23NO. The smallest absolute Gasteiger partial charge is 0.0756 e. The van der Waals surface area contributed by atoms with Gasteiger partial charge in [0.05, 0.1) is 12.2 Å². The molecule has 0 aliphatic heterocycles. The molecule has 0 bridgehead atoms. The molecule has 0 aliphatic carbocycles. The van der Waals surface area contributed by atoms with Gasteiger partial charge in [-0.2, -0.15) is 0 Å². The van der Waals surface area contributed by atoms with Crippen molar-refractivity contribution in [1.29, 1.82) is 0 Å². The zero-order chi connectivity index (χ0) is 10.3. The van der Waals surface area contributed by atoms with Gasteiger partial charge in [0.25, 0.3) is 0 Å². The van der Waals surface area contributed by atoms with Crippen LogP contribution in [0.25, 0.3) is 0 Å². The van der Waals surface area contributed by atoms with Crippen LogP contribution in [0.5, 0.6) is 0 Å². The number of allylic oxidation sites excluding steroid dienone is 1. The van der Waals surface area contributed by atoms with Gasteiger partial charge >= 0.3 is 0 Å². The number of hydrogen-bond donors (Lipinski definition) is 1. The molecule has 0 heterocycles. The van der Waals surface area contributed by atoms with Crippen LogP contribution in [-0.2, 0) is 4.74 Å². The van der Waals surface area contributed by atoms with Crippen LogP contribution in [0.3, 0.4) is 0 Å². The lowest BCUT2D eigenvalue weighted by Gasteiger charge is -2.23. The highest BCUT2D eigenvalue weighted by Gasteiger charge is 2.14. The first-order chi connectivity index (χ1) is 6.15. The molecule has 2 heteroatoms. The molecule has 0 rings (SSSR count). The van der Waals surface area contributed by atoms with E-state index >= 15 is 0 Å². The van der Waals surface area contributed by atoms with Crippen molar-refractivity contribution in [3.63, 3.8) is 0 Å². The standard InChI is InChI=1S/C11H23NO/c1-5-7-11(6-2)13-10(4)9(3)8-12/h5,7,9-11H,6,8,12H2,1-4H3/b7-5-/t9-,10+,11?/m0/s1. The largest absolute Gasteiger partial charge is 0.371 e. The molecule has 78 valence electrons. The first-order valence-electron chi connectivity index (χ1n) is 5.14. The molecule has 2 N–H and O–H groups in total. The first kappa shape index (κ1) is 12.7. The van der Waals surface area contributed by atoms with Crippen molar-refractivity contribution in [1.82, 2.24) is 0 Å². The zero-order valence-corrected chi connectivity index (χ0v) is 9.29. The van der Waals surface area contributed by atoms with Crippen molar-refractivity contribution in [2.75, 3.05) is 6.54 Å². The SMILES string of the molecule is C/C=C\C(CC)O[C@H](C)[C@@H](C)CN. The molecule has 0 aliphatic rings. The molecule has 0 amide bonds. The van der Waals surface area contributed by atoms with Crippen LogP contribution < -0.4 is 5.73 Å². The Morgan fingerprint density at radius 1 is 1.38 bits per heavy atom. The van der Waals surface area contributed by atoms with E-state index in [2.05, 4.69) is 26.8 Å². The van der Waals surface area contributed by atoms with Gasteiger partial charge in [0.2, 0.25) is 0 Å². The van der Waals surface area contributed by atoms with E-state index in [1.165, 1.54) is 0 Å². The summed E-state index contributed by atoms with van der Waals surface area (Å²) in [7, 11) is 0. The molecule has 0 radical (unpaired) electrons. The van der Waals surface area contributed by atoms with Crippen molar-refractivity contribution < 1.29 is 4.74 Å². The van der Waals surface area contributed by atoms with E-state index in [0.717, 1.165) is 6.42 Å². The Labute approximate surface area is 82.2 Å². The highest BCUT2D eigenvalue weighted by Crippen LogP contribution is 2.11. The van der Waals surface area contributed by atoms with Crippen LogP contribution >= 0.6 is 0 Å². The fourth-order valence-corrected chi connectivity index (χ4v) is 1.09. The molecule has 0 aromatic carbocycles. The minimum atomic E-state index is 0.242. The molecule has 1 unspecified atom stereocenters. The Kier molecular flexibility index (Phi) is 6.92. The van der Waals surface area contributed by atoms with Crippen LogP contribution in [0.1, 0.15) is 34.1 Å². The maximum absolute atomic E-state index is 5.83. The average Bonchev–Trinajstić information content (AvgIpc) is 2.15. The minimum absolute atomic E-state index is 0.242. The molecule has 3 atom stereocenters. The lowest BCUT2D eigenvalue weighted by atomic mass is 10.1. The van der Waals surface area contributed by atoms with E-state index in [9.17, 15) is 0 Å². The van der Waals surface area contributed by atoms with Gasteiger partial charge < -0.3 is 10.5 Å². The Hall–Kier alpha value is -0.340. The van der Waals surface area contributed by atoms with Gasteiger partial charge in [0.1, 0.15) is 0 Å². The van der Waals surface area contributed by atoms with Crippen LogP contribution in [0.2, 0.25) is 0 Å². The maximum Gasteiger partial charge on any atom is 0.0756 e. The highest BCUT2D eigenvalue weighted by atomic mass is 16.5. The van der Waals surface area contributed by atoms with Crippen molar-refractivity contribution in [2.45, 2.75) is 46.3 Å². The molecule has 0 fully saturated rings. The molecule has 0 aromatic heterocycles. The van der Waals surface area contributed by atoms with Gasteiger partial charge in [0.15, 0.2) is 0 Å². The Balaban J connectivity index is 3.92. The summed E-state index contributed by atoms with van der Waals surface area (Å²) in [5.74, 6) is 0.430. The maximum atomic E-state index is 5.83. The monoisotopic (exact) mass is 185 g/mol. The van der Waals surface area contributed by atoms with E-state index in [0.29, 0.717) is 12.5 Å². The van der Waals surface area contributed by atoms with Gasteiger partial charge in [0, 0.05) is 0 Å². The summed E-state index contributed by atoms with van der Waals surface area (Å²) in [6.45, 7) is 9.04. The second kappa shape index (κ2) is 7.10. The summed E-state index contributed by atoms with van der Waals surface area (Å²) in [6.07, 6.45) is 5.64. The third-order valence-corrected chi connectivity index (χ3v) is 2.37. The third kappa shape index (κ3) is 5.06. The van der Waals surface area contributed by atoms with Crippen molar-refractivity contribution >= 4 is 0 Å². The Bertz CT molecular complexity index is 145. The van der Waals surface area contributed by atoms with E-state index in [-0.39, 0.29) is 12.2 Å². The second-order valence-corrected chi connectivity index (χ2v) is 3.53. The highest BCUT2D eigenvalue weighted by molar-refractivity contribution is 4.86. The molecule has 0 spiro atoms. The first-order valence-corrected chi connectivity index (χ1v) is 5.14. The van der Waals surface area contributed by atoms with Gasteiger partial charge in [-0.3, -0.25) is 0 Å². The van der Waals surface area contributed by atoms with E-state index < -0.39 is 0 Å². The zero-order valence-electron chi connectivity index (χ0n) is 9.29. The molecule has 13 heavy (non-hydrogen) atoms. The lowest BCUT2D eigenvalue weighted by Crippen LogP contribution is -2.28. The van der Waals surface area contributed by atoms with Crippen molar-refractivity contribution in [2.24, 2.45) is 11.7 Å². The van der Waals surface area contributed by atoms with Crippen LogP contribution in [0.15, 0.2) is 12.2 Å². The molecule has 0 saturated carbocycles. The van der Waals surface area contributed by atoms with E-state index in [1.807, 2.05) is 13.0 Å². The van der Waals surface area contributed by atoms with Gasteiger partial charge in [-0.15, -0.1) is 0 Å². The van der Waals surface area contributed by atoms with Crippen LogP contribution in [0.4, 0.5) is 0 Å². The predicted molar refractivity (Wildman–Crippen MR) is 57.7 cm³/mol. The second-order valence-electron chi connectivity index (χ2n) is 3.53. The quantitative estimate of drug-likeness (QED) is 0.645. The normalized spacial score (nSPS) is 18.8. The van der Waals surface area contributed by atoms with Crippen LogP contribution in [-0.4, -0.2) is 18.8 Å². The van der Waals surface area contributed by atoms with Gasteiger partial charge in [-0.1, -0.05) is 26.0 Å². The summed E-state index contributed by atoms with van der Waals surface area (Å²) in [6, 6.07) is 0. The Morgan fingerprint density at radius 3 is 2.38 bits per heavy atom. The van der Waals surface area contributed by atoms with Gasteiger partial charge in [-0.25, -0.2) is 0 Å². The third-order valence-electron chi connectivity index (χ3n) is 2.37.